The summed E-state index contributed by atoms with van der Waals surface area (Å²) in [5.74, 6) is -1.80. The lowest BCUT2D eigenvalue weighted by Crippen LogP contribution is -2.45. The van der Waals surface area contributed by atoms with E-state index in [1.54, 1.807) is 0 Å². The second-order valence-electron chi connectivity index (χ2n) is 5.02. The highest BCUT2D eigenvalue weighted by molar-refractivity contribution is 5.95. The summed E-state index contributed by atoms with van der Waals surface area (Å²) < 4.78 is 51.7. The van der Waals surface area contributed by atoms with Crippen LogP contribution in [-0.2, 0) is 6.18 Å². The van der Waals surface area contributed by atoms with Gasteiger partial charge in [-0.05, 0) is 37.5 Å². The van der Waals surface area contributed by atoms with E-state index >= 15 is 0 Å². The highest BCUT2D eigenvalue weighted by atomic mass is 19.4. The van der Waals surface area contributed by atoms with Gasteiger partial charge in [0.15, 0.2) is 0 Å². The van der Waals surface area contributed by atoms with E-state index in [1.165, 1.54) is 4.90 Å². The molecule has 1 atom stereocenters. The molecule has 1 N–H and O–H groups in total. The SMILES string of the molecule is O=C(c1cc(C(F)(F)F)ccc1F)N1CCCCC1CO. The molecule has 0 saturated carbocycles. The van der Waals surface area contributed by atoms with Crippen molar-refractivity contribution in [2.75, 3.05) is 13.2 Å². The average Bonchev–Trinajstić information content (AvgIpc) is 2.45. The molecule has 1 aromatic rings. The predicted molar refractivity (Wildman–Crippen MR) is 67.2 cm³/mol. The molecular formula is C14H15F4NO2. The molecule has 116 valence electrons. The first kappa shape index (κ1) is 15.8. The van der Waals surface area contributed by atoms with Crippen LogP contribution in [-0.4, -0.2) is 35.1 Å². The van der Waals surface area contributed by atoms with Gasteiger partial charge in [0.2, 0.25) is 0 Å². The van der Waals surface area contributed by atoms with Crippen LogP contribution < -0.4 is 0 Å². The average molecular weight is 305 g/mol. The summed E-state index contributed by atoms with van der Waals surface area (Å²) in [7, 11) is 0. The molecule has 0 radical (unpaired) electrons. The molecule has 1 amide bonds. The Morgan fingerprint density at radius 2 is 2.05 bits per heavy atom. The molecule has 2 rings (SSSR count). The van der Waals surface area contributed by atoms with E-state index in [2.05, 4.69) is 0 Å². The normalized spacial score (nSPS) is 19.7. The summed E-state index contributed by atoms with van der Waals surface area (Å²) in [4.78, 5) is 13.5. The van der Waals surface area contributed by atoms with Crippen LogP contribution >= 0.6 is 0 Å². The Morgan fingerprint density at radius 1 is 1.33 bits per heavy atom. The third kappa shape index (κ3) is 3.34. The minimum absolute atomic E-state index is 0.285. The fourth-order valence-corrected chi connectivity index (χ4v) is 2.48. The third-order valence-electron chi connectivity index (χ3n) is 3.62. The molecule has 1 unspecified atom stereocenters. The van der Waals surface area contributed by atoms with Gasteiger partial charge < -0.3 is 10.0 Å². The Morgan fingerprint density at radius 3 is 2.67 bits per heavy atom. The summed E-state index contributed by atoms with van der Waals surface area (Å²) in [6.45, 7) is 0.0199. The van der Waals surface area contributed by atoms with E-state index in [0.717, 1.165) is 6.42 Å². The molecule has 0 aliphatic carbocycles. The largest absolute Gasteiger partial charge is 0.416 e. The molecule has 0 aromatic heterocycles. The maximum Gasteiger partial charge on any atom is 0.416 e. The number of likely N-dealkylation sites (tertiary alicyclic amines) is 1. The summed E-state index contributed by atoms with van der Waals surface area (Å²) in [6, 6.07) is 1.31. The highest BCUT2D eigenvalue weighted by Gasteiger charge is 2.34. The van der Waals surface area contributed by atoms with E-state index in [9.17, 15) is 27.5 Å². The number of rotatable bonds is 2. The molecule has 1 aliphatic rings. The quantitative estimate of drug-likeness (QED) is 0.854. The zero-order chi connectivity index (χ0) is 15.6. The number of benzene rings is 1. The van der Waals surface area contributed by atoms with E-state index in [-0.39, 0.29) is 6.61 Å². The van der Waals surface area contributed by atoms with E-state index < -0.39 is 35.1 Å². The van der Waals surface area contributed by atoms with Crippen LogP contribution in [0.15, 0.2) is 18.2 Å². The number of alkyl halides is 3. The van der Waals surface area contributed by atoms with Crippen LogP contribution in [0.25, 0.3) is 0 Å². The van der Waals surface area contributed by atoms with Gasteiger partial charge >= 0.3 is 6.18 Å². The summed E-state index contributed by atoms with van der Waals surface area (Å²) in [5.41, 5.74) is -1.67. The molecule has 7 heteroatoms. The van der Waals surface area contributed by atoms with Crippen molar-refractivity contribution in [3.8, 4) is 0 Å². The molecule has 1 aliphatic heterocycles. The van der Waals surface area contributed by atoms with Crippen molar-refractivity contribution in [2.24, 2.45) is 0 Å². The Labute approximate surface area is 119 Å². The Hall–Kier alpha value is -1.63. The molecule has 0 bridgehead atoms. The highest BCUT2D eigenvalue weighted by Crippen LogP contribution is 2.31. The summed E-state index contributed by atoms with van der Waals surface area (Å²) >= 11 is 0. The Kier molecular flexibility index (Phi) is 4.51. The van der Waals surface area contributed by atoms with Crippen LogP contribution in [0, 0.1) is 5.82 Å². The van der Waals surface area contributed by atoms with Gasteiger partial charge in [-0.2, -0.15) is 13.2 Å². The number of piperidine rings is 1. The first-order valence-corrected chi connectivity index (χ1v) is 6.63. The number of hydrogen-bond acceptors (Lipinski definition) is 2. The van der Waals surface area contributed by atoms with Crippen LogP contribution in [0.1, 0.15) is 35.2 Å². The maximum atomic E-state index is 13.7. The lowest BCUT2D eigenvalue weighted by molar-refractivity contribution is -0.137. The van der Waals surface area contributed by atoms with Gasteiger partial charge in [-0.25, -0.2) is 4.39 Å². The van der Waals surface area contributed by atoms with Crippen molar-refractivity contribution in [1.29, 1.82) is 0 Å². The van der Waals surface area contributed by atoms with Gasteiger partial charge in [0.1, 0.15) is 5.82 Å². The third-order valence-corrected chi connectivity index (χ3v) is 3.62. The lowest BCUT2D eigenvalue weighted by Gasteiger charge is -2.34. The van der Waals surface area contributed by atoms with Crippen molar-refractivity contribution in [3.63, 3.8) is 0 Å². The van der Waals surface area contributed by atoms with E-state index in [0.29, 0.717) is 37.6 Å². The van der Waals surface area contributed by atoms with Gasteiger partial charge in [-0.3, -0.25) is 4.79 Å². The zero-order valence-electron chi connectivity index (χ0n) is 11.2. The molecule has 3 nitrogen and oxygen atoms in total. The van der Waals surface area contributed by atoms with Crippen LogP contribution in [0.5, 0.6) is 0 Å². The molecule has 1 saturated heterocycles. The summed E-state index contributed by atoms with van der Waals surface area (Å²) in [5, 5.41) is 9.24. The van der Waals surface area contributed by atoms with Crippen LogP contribution in [0.2, 0.25) is 0 Å². The second kappa shape index (κ2) is 6.01. The van der Waals surface area contributed by atoms with Crippen molar-refractivity contribution >= 4 is 5.91 Å². The predicted octanol–water partition coefficient (Wildman–Crippen LogP) is 2.83. The lowest BCUT2D eigenvalue weighted by atomic mass is 10.0. The first-order chi connectivity index (χ1) is 9.84. The number of aliphatic hydroxyl groups excluding tert-OH is 1. The fraction of sp³-hybridized carbons (Fsp3) is 0.500. The van der Waals surface area contributed by atoms with E-state index in [1.807, 2.05) is 0 Å². The van der Waals surface area contributed by atoms with Crippen LogP contribution in [0.3, 0.4) is 0 Å². The van der Waals surface area contributed by atoms with Gasteiger partial charge in [0.05, 0.1) is 23.8 Å². The Bertz CT molecular complexity index is 530. The monoisotopic (exact) mass is 305 g/mol. The number of amides is 1. The van der Waals surface area contributed by atoms with Crippen molar-refractivity contribution in [2.45, 2.75) is 31.5 Å². The standard InChI is InChI=1S/C14H15F4NO2/c15-12-5-4-9(14(16,17)18)7-11(12)13(21)19-6-2-1-3-10(19)8-20/h4-5,7,10,20H,1-3,6,8H2. The Balaban J connectivity index is 2.33. The molecule has 1 fully saturated rings. The summed E-state index contributed by atoms with van der Waals surface area (Å²) in [6.07, 6.45) is -2.58. The maximum absolute atomic E-state index is 13.7. The smallest absolute Gasteiger partial charge is 0.394 e. The van der Waals surface area contributed by atoms with Gasteiger partial charge in [-0.1, -0.05) is 0 Å². The zero-order valence-corrected chi connectivity index (χ0v) is 11.2. The number of hydrogen-bond donors (Lipinski definition) is 1. The van der Waals surface area contributed by atoms with Gasteiger partial charge in [0.25, 0.3) is 5.91 Å². The molecule has 1 aromatic carbocycles. The van der Waals surface area contributed by atoms with Crippen LogP contribution in [0.4, 0.5) is 17.6 Å². The van der Waals surface area contributed by atoms with Gasteiger partial charge in [-0.15, -0.1) is 0 Å². The minimum atomic E-state index is -4.64. The topological polar surface area (TPSA) is 40.5 Å². The molecule has 0 spiro atoms. The second-order valence-corrected chi connectivity index (χ2v) is 5.02. The molecule has 21 heavy (non-hydrogen) atoms. The molecule has 1 heterocycles. The number of carbonyl (C=O) groups is 1. The molecular weight excluding hydrogens is 290 g/mol. The van der Waals surface area contributed by atoms with Crippen molar-refractivity contribution in [1.82, 2.24) is 4.90 Å². The first-order valence-electron chi connectivity index (χ1n) is 6.63. The number of carbonyl (C=O) groups excluding carboxylic acids is 1. The van der Waals surface area contributed by atoms with Crippen molar-refractivity contribution < 1.29 is 27.5 Å². The fourth-order valence-electron chi connectivity index (χ4n) is 2.48. The number of aliphatic hydroxyl groups is 1. The number of halogens is 4. The van der Waals surface area contributed by atoms with E-state index in [4.69, 9.17) is 0 Å². The van der Waals surface area contributed by atoms with Gasteiger partial charge in [0, 0.05) is 6.54 Å². The van der Waals surface area contributed by atoms with Crippen molar-refractivity contribution in [3.05, 3.63) is 35.1 Å². The number of nitrogens with zero attached hydrogens (tertiary/aromatic N) is 1. The minimum Gasteiger partial charge on any atom is -0.394 e.